The lowest BCUT2D eigenvalue weighted by Crippen LogP contribution is -2.44. The molecule has 29 heavy (non-hydrogen) atoms. The molecule has 162 valence electrons. The molecule has 2 fully saturated rings. The molecule has 2 heterocycles. The molecule has 0 aromatic heterocycles. The van der Waals surface area contributed by atoms with Gasteiger partial charge in [0.25, 0.3) is 5.91 Å². The maximum Gasteiger partial charge on any atom is 0.251 e. The summed E-state index contributed by atoms with van der Waals surface area (Å²) in [5.41, 5.74) is 1.12. The second kappa shape index (κ2) is 10.0. The summed E-state index contributed by atoms with van der Waals surface area (Å²) in [5, 5.41) is 3.12. The molecule has 0 saturated carbocycles. The SMILES string of the molecule is CCCCN1CCC(NC(=O)c2ccc(C)c(S(=O)(=O)N3CCCCC3)c2)CC1. The van der Waals surface area contributed by atoms with E-state index in [1.165, 1.54) is 12.8 Å². The zero-order valence-corrected chi connectivity index (χ0v) is 18.6. The first-order chi connectivity index (χ1) is 13.9. The van der Waals surface area contributed by atoms with Crippen LogP contribution in [0.25, 0.3) is 0 Å². The van der Waals surface area contributed by atoms with Crippen LogP contribution in [0.15, 0.2) is 23.1 Å². The van der Waals surface area contributed by atoms with Crippen molar-refractivity contribution < 1.29 is 13.2 Å². The number of nitrogens with zero attached hydrogens (tertiary/aromatic N) is 2. The monoisotopic (exact) mass is 421 g/mol. The summed E-state index contributed by atoms with van der Waals surface area (Å²) < 4.78 is 27.7. The first-order valence-corrected chi connectivity index (χ1v) is 12.5. The van der Waals surface area contributed by atoms with Crippen LogP contribution < -0.4 is 5.32 Å². The number of carbonyl (C=O) groups excluding carboxylic acids is 1. The van der Waals surface area contributed by atoms with E-state index in [0.717, 1.165) is 51.7 Å². The quantitative estimate of drug-likeness (QED) is 0.734. The van der Waals surface area contributed by atoms with Crippen LogP contribution in [-0.4, -0.2) is 62.3 Å². The summed E-state index contributed by atoms with van der Waals surface area (Å²) in [7, 11) is -3.55. The zero-order valence-electron chi connectivity index (χ0n) is 17.8. The van der Waals surface area contributed by atoms with E-state index in [0.29, 0.717) is 24.2 Å². The molecule has 0 atom stereocenters. The van der Waals surface area contributed by atoms with Gasteiger partial charge in [-0.25, -0.2) is 8.42 Å². The number of piperidine rings is 2. The number of hydrogen-bond acceptors (Lipinski definition) is 4. The third-order valence-electron chi connectivity index (χ3n) is 6.13. The van der Waals surface area contributed by atoms with Gasteiger partial charge in [-0.15, -0.1) is 0 Å². The Labute approximate surface area is 175 Å². The van der Waals surface area contributed by atoms with Crippen LogP contribution in [0.5, 0.6) is 0 Å². The highest BCUT2D eigenvalue weighted by atomic mass is 32.2. The highest BCUT2D eigenvalue weighted by Gasteiger charge is 2.28. The van der Waals surface area contributed by atoms with Gasteiger partial charge in [0.05, 0.1) is 4.90 Å². The molecular weight excluding hydrogens is 386 g/mol. The third-order valence-corrected chi connectivity index (χ3v) is 8.17. The predicted octanol–water partition coefficient (Wildman–Crippen LogP) is 3.16. The Morgan fingerprint density at radius 2 is 1.79 bits per heavy atom. The minimum absolute atomic E-state index is 0.156. The van der Waals surface area contributed by atoms with Crippen molar-refractivity contribution in [3.05, 3.63) is 29.3 Å². The number of nitrogens with one attached hydrogen (secondary N) is 1. The number of sulfonamides is 1. The van der Waals surface area contributed by atoms with Gasteiger partial charge < -0.3 is 10.2 Å². The fourth-order valence-electron chi connectivity index (χ4n) is 4.21. The summed E-state index contributed by atoms with van der Waals surface area (Å²) >= 11 is 0. The van der Waals surface area contributed by atoms with E-state index in [4.69, 9.17) is 0 Å². The van der Waals surface area contributed by atoms with Crippen LogP contribution in [0.4, 0.5) is 0 Å². The van der Waals surface area contributed by atoms with Crippen molar-refractivity contribution in [1.82, 2.24) is 14.5 Å². The summed E-state index contributed by atoms with van der Waals surface area (Å²) in [6.45, 7) is 8.27. The number of likely N-dealkylation sites (tertiary alicyclic amines) is 1. The van der Waals surface area contributed by atoms with Crippen LogP contribution in [0, 0.1) is 6.92 Å². The lowest BCUT2D eigenvalue weighted by molar-refractivity contribution is 0.0910. The van der Waals surface area contributed by atoms with Crippen molar-refractivity contribution in [1.29, 1.82) is 0 Å². The van der Waals surface area contributed by atoms with Gasteiger partial charge in [0.2, 0.25) is 10.0 Å². The second-order valence-electron chi connectivity index (χ2n) is 8.39. The fourth-order valence-corrected chi connectivity index (χ4v) is 5.98. The van der Waals surface area contributed by atoms with Gasteiger partial charge in [-0.05, 0) is 63.3 Å². The van der Waals surface area contributed by atoms with Crippen LogP contribution in [-0.2, 0) is 10.0 Å². The molecule has 1 amide bonds. The molecule has 2 aliphatic rings. The third kappa shape index (κ3) is 5.58. The maximum atomic E-state index is 13.1. The summed E-state index contributed by atoms with van der Waals surface area (Å²) in [5.74, 6) is -0.174. The van der Waals surface area contributed by atoms with Crippen molar-refractivity contribution in [2.24, 2.45) is 0 Å². The molecule has 0 bridgehead atoms. The smallest absolute Gasteiger partial charge is 0.251 e. The van der Waals surface area contributed by atoms with Gasteiger partial charge in [0, 0.05) is 37.8 Å². The molecule has 1 aromatic carbocycles. The second-order valence-corrected chi connectivity index (χ2v) is 10.3. The first kappa shape index (κ1) is 22.2. The van der Waals surface area contributed by atoms with Crippen molar-refractivity contribution in [2.45, 2.75) is 69.7 Å². The van der Waals surface area contributed by atoms with E-state index >= 15 is 0 Å². The minimum Gasteiger partial charge on any atom is -0.349 e. The molecule has 0 radical (unpaired) electrons. The molecular formula is C22H35N3O3S. The Bertz CT molecular complexity index is 796. The molecule has 2 aliphatic heterocycles. The molecule has 0 unspecified atom stereocenters. The van der Waals surface area contributed by atoms with Crippen LogP contribution in [0.3, 0.4) is 0 Å². The highest BCUT2D eigenvalue weighted by molar-refractivity contribution is 7.89. The van der Waals surface area contributed by atoms with Crippen LogP contribution in [0.1, 0.15) is 67.8 Å². The Kier molecular flexibility index (Phi) is 7.71. The van der Waals surface area contributed by atoms with E-state index in [9.17, 15) is 13.2 Å². The lowest BCUT2D eigenvalue weighted by Gasteiger charge is -2.32. The average Bonchev–Trinajstić information content (AvgIpc) is 2.74. The predicted molar refractivity (Wildman–Crippen MR) is 116 cm³/mol. The van der Waals surface area contributed by atoms with Crippen molar-refractivity contribution >= 4 is 15.9 Å². The number of benzene rings is 1. The van der Waals surface area contributed by atoms with Gasteiger partial charge in [-0.1, -0.05) is 25.8 Å². The number of amides is 1. The van der Waals surface area contributed by atoms with Gasteiger partial charge in [0.15, 0.2) is 0 Å². The Morgan fingerprint density at radius 1 is 1.10 bits per heavy atom. The number of hydrogen-bond donors (Lipinski definition) is 1. The van der Waals surface area contributed by atoms with Crippen molar-refractivity contribution in [3.63, 3.8) is 0 Å². The Hall–Kier alpha value is -1.44. The molecule has 0 aliphatic carbocycles. The number of unbranched alkanes of at least 4 members (excludes halogenated alkanes) is 1. The number of aryl methyl sites for hydroxylation is 1. The summed E-state index contributed by atoms with van der Waals surface area (Å²) in [6, 6.07) is 5.20. The van der Waals surface area contributed by atoms with E-state index in [1.807, 2.05) is 0 Å². The topological polar surface area (TPSA) is 69.7 Å². The van der Waals surface area contributed by atoms with Crippen LogP contribution in [0.2, 0.25) is 0 Å². The molecule has 3 rings (SSSR count). The lowest BCUT2D eigenvalue weighted by atomic mass is 10.0. The molecule has 0 spiro atoms. The summed E-state index contributed by atoms with van der Waals surface area (Å²) in [4.78, 5) is 15.5. The van der Waals surface area contributed by atoms with Gasteiger partial charge >= 0.3 is 0 Å². The van der Waals surface area contributed by atoms with Crippen molar-refractivity contribution in [2.75, 3.05) is 32.7 Å². The van der Waals surface area contributed by atoms with Gasteiger partial charge in [0.1, 0.15) is 0 Å². The standard InChI is InChI=1S/C22H35N3O3S/c1-3-4-12-24-15-10-20(11-16-24)23-22(26)19-9-8-18(2)21(17-19)29(27,28)25-13-6-5-7-14-25/h8-9,17,20H,3-7,10-16H2,1-2H3,(H,23,26). The first-order valence-electron chi connectivity index (χ1n) is 11.1. The average molecular weight is 422 g/mol. The highest BCUT2D eigenvalue weighted by Crippen LogP contribution is 2.24. The van der Waals surface area contributed by atoms with Gasteiger partial charge in [-0.2, -0.15) is 4.31 Å². The number of carbonyl (C=O) groups is 1. The molecule has 1 N–H and O–H groups in total. The molecule has 6 nitrogen and oxygen atoms in total. The summed E-state index contributed by atoms with van der Waals surface area (Å²) in [6.07, 6.45) is 7.18. The minimum atomic E-state index is -3.55. The Morgan fingerprint density at radius 3 is 2.45 bits per heavy atom. The Balaban J connectivity index is 1.65. The zero-order chi connectivity index (χ0) is 20.9. The number of rotatable bonds is 7. The normalized spacial score (nSPS) is 19.9. The van der Waals surface area contributed by atoms with Gasteiger partial charge in [-0.3, -0.25) is 4.79 Å². The van der Waals surface area contributed by atoms with E-state index in [1.54, 1.807) is 29.4 Å². The fraction of sp³-hybridized carbons (Fsp3) is 0.682. The van der Waals surface area contributed by atoms with E-state index in [2.05, 4.69) is 17.1 Å². The molecule has 2 saturated heterocycles. The van der Waals surface area contributed by atoms with Crippen LogP contribution >= 0.6 is 0 Å². The maximum absolute atomic E-state index is 13.1. The van der Waals surface area contributed by atoms with Crippen molar-refractivity contribution in [3.8, 4) is 0 Å². The molecule has 7 heteroatoms. The largest absolute Gasteiger partial charge is 0.349 e. The van der Waals surface area contributed by atoms with E-state index < -0.39 is 10.0 Å². The van der Waals surface area contributed by atoms with E-state index in [-0.39, 0.29) is 16.8 Å². The molecule has 1 aromatic rings.